The van der Waals surface area contributed by atoms with Gasteiger partial charge in [0.25, 0.3) is 0 Å². The van der Waals surface area contributed by atoms with E-state index in [1.807, 2.05) is 24.3 Å². The number of aryl methyl sites for hydroxylation is 1. The molecule has 0 unspecified atom stereocenters. The van der Waals surface area contributed by atoms with Crippen LogP contribution in [0.25, 0.3) is 10.9 Å². The van der Waals surface area contributed by atoms with Crippen LogP contribution in [-0.2, 0) is 11.2 Å². The molecule has 1 heterocycles. The van der Waals surface area contributed by atoms with Gasteiger partial charge in [0.15, 0.2) is 0 Å². The molecular weight excluding hydrogens is 324 g/mol. The molecule has 0 aliphatic carbocycles. The summed E-state index contributed by atoms with van der Waals surface area (Å²) in [6, 6.07) is 16.1. The number of para-hydroxylation sites is 1. The molecule has 26 heavy (non-hydrogen) atoms. The standard InChI is InChI=1S/C22H24N2O2/c1-3-5-8-16-11-13-17(14-12-16)24-21-18-9-6-7-10-20(18)23-15-19(21)22(25)26-4-2/h6-7,9-15H,3-5,8H2,1-2H3,(H,23,24). The number of nitrogens with one attached hydrogen (secondary N) is 1. The number of carbonyl (C=O) groups excluding carboxylic acids is 1. The highest BCUT2D eigenvalue weighted by atomic mass is 16.5. The Hall–Kier alpha value is -2.88. The van der Waals surface area contributed by atoms with Crippen LogP contribution in [0.15, 0.2) is 54.7 Å². The Morgan fingerprint density at radius 1 is 1.08 bits per heavy atom. The molecule has 4 nitrogen and oxygen atoms in total. The topological polar surface area (TPSA) is 51.2 Å². The van der Waals surface area contributed by atoms with Gasteiger partial charge in [0.05, 0.1) is 17.8 Å². The van der Waals surface area contributed by atoms with Crippen molar-refractivity contribution >= 4 is 28.2 Å². The molecule has 1 aromatic heterocycles. The Labute approximate surface area is 154 Å². The molecule has 0 amide bonds. The molecule has 2 aromatic carbocycles. The van der Waals surface area contributed by atoms with Crippen molar-refractivity contribution in [2.24, 2.45) is 0 Å². The van der Waals surface area contributed by atoms with Gasteiger partial charge in [-0.25, -0.2) is 4.79 Å². The second-order valence-corrected chi connectivity index (χ2v) is 6.21. The summed E-state index contributed by atoms with van der Waals surface area (Å²) in [4.78, 5) is 16.8. The maximum atomic E-state index is 12.4. The first-order valence-corrected chi connectivity index (χ1v) is 9.13. The highest BCUT2D eigenvalue weighted by molar-refractivity contribution is 6.05. The second-order valence-electron chi connectivity index (χ2n) is 6.21. The quantitative estimate of drug-likeness (QED) is 0.573. The molecule has 0 aliphatic heterocycles. The van der Waals surface area contributed by atoms with E-state index in [1.54, 1.807) is 13.1 Å². The van der Waals surface area contributed by atoms with Crippen molar-refractivity contribution in [2.45, 2.75) is 33.1 Å². The first-order chi connectivity index (χ1) is 12.7. The summed E-state index contributed by atoms with van der Waals surface area (Å²) >= 11 is 0. The Bertz CT molecular complexity index is 888. The van der Waals surface area contributed by atoms with E-state index in [1.165, 1.54) is 18.4 Å². The van der Waals surface area contributed by atoms with Gasteiger partial charge in [0.1, 0.15) is 5.56 Å². The van der Waals surface area contributed by atoms with Gasteiger partial charge < -0.3 is 10.1 Å². The van der Waals surface area contributed by atoms with Gasteiger partial charge in [-0.1, -0.05) is 43.7 Å². The number of anilines is 2. The number of fused-ring (bicyclic) bond motifs is 1. The Kier molecular flexibility index (Phi) is 5.84. The van der Waals surface area contributed by atoms with Crippen LogP contribution in [0.4, 0.5) is 11.4 Å². The number of carbonyl (C=O) groups is 1. The molecule has 0 spiro atoms. The first kappa shape index (κ1) is 17.9. The Morgan fingerprint density at radius 2 is 1.85 bits per heavy atom. The van der Waals surface area contributed by atoms with Gasteiger partial charge in [-0.3, -0.25) is 4.98 Å². The molecule has 134 valence electrons. The lowest BCUT2D eigenvalue weighted by Crippen LogP contribution is -2.09. The van der Waals surface area contributed by atoms with Gasteiger partial charge in [-0.15, -0.1) is 0 Å². The zero-order valence-electron chi connectivity index (χ0n) is 15.3. The Balaban J connectivity index is 1.96. The number of ether oxygens (including phenoxy) is 1. The molecule has 3 aromatic rings. The van der Waals surface area contributed by atoms with Crippen molar-refractivity contribution in [3.05, 3.63) is 65.9 Å². The smallest absolute Gasteiger partial charge is 0.341 e. The number of benzene rings is 2. The van der Waals surface area contributed by atoms with Crippen LogP contribution in [-0.4, -0.2) is 17.6 Å². The van der Waals surface area contributed by atoms with Crippen LogP contribution in [0.2, 0.25) is 0 Å². The monoisotopic (exact) mass is 348 g/mol. The van der Waals surface area contributed by atoms with Crippen LogP contribution in [0.3, 0.4) is 0 Å². The van der Waals surface area contributed by atoms with Gasteiger partial charge in [0, 0.05) is 17.3 Å². The minimum absolute atomic E-state index is 0.331. The molecular formula is C22H24N2O2. The van der Waals surface area contributed by atoms with E-state index in [2.05, 4.69) is 41.5 Å². The Morgan fingerprint density at radius 3 is 2.58 bits per heavy atom. The van der Waals surface area contributed by atoms with E-state index < -0.39 is 0 Å². The zero-order chi connectivity index (χ0) is 18.4. The lowest BCUT2D eigenvalue weighted by molar-refractivity contribution is 0.0527. The summed E-state index contributed by atoms with van der Waals surface area (Å²) in [6.45, 7) is 4.33. The van der Waals surface area contributed by atoms with Crippen molar-refractivity contribution in [2.75, 3.05) is 11.9 Å². The number of unbranched alkanes of at least 4 members (excludes halogenated alkanes) is 1. The summed E-state index contributed by atoms with van der Waals surface area (Å²) in [6.07, 6.45) is 5.04. The number of hydrogen-bond acceptors (Lipinski definition) is 4. The molecule has 1 N–H and O–H groups in total. The minimum atomic E-state index is -0.368. The number of rotatable bonds is 7. The lowest BCUT2D eigenvalue weighted by Gasteiger charge is -2.14. The predicted molar refractivity (Wildman–Crippen MR) is 106 cm³/mol. The van der Waals surface area contributed by atoms with Crippen molar-refractivity contribution < 1.29 is 9.53 Å². The highest BCUT2D eigenvalue weighted by Crippen LogP contribution is 2.29. The van der Waals surface area contributed by atoms with Crippen LogP contribution in [0.5, 0.6) is 0 Å². The second kappa shape index (κ2) is 8.48. The lowest BCUT2D eigenvalue weighted by atomic mass is 10.1. The van der Waals surface area contributed by atoms with Crippen LogP contribution >= 0.6 is 0 Å². The summed E-state index contributed by atoms with van der Waals surface area (Å²) in [5.41, 5.74) is 4.27. The average Bonchev–Trinajstić information content (AvgIpc) is 2.68. The van der Waals surface area contributed by atoms with E-state index in [9.17, 15) is 4.79 Å². The van der Waals surface area contributed by atoms with E-state index in [-0.39, 0.29) is 5.97 Å². The highest BCUT2D eigenvalue weighted by Gasteiger charge is 2.16. The molecule has 0 aliphatic rings. The van der Waals surface area contributed by atoms with Crippen LogP contribution in [0, 0.1) is 0 Å². The van der Waals surface area contributed by atoms with Crippen LogP contribution in [0.1, 0.15) is 42.6 Å². The van der Waals surface area contributed by atoms with Crippen molar-refractivity contribution in [1.29, 1.82) is 0 Å². The number of aromatic nitrogens is 1. The summed E-state index contributed by atoms with van der Waals surface area (Å²) in [5, 5.41) is 4.29. The average molecular weight is 348 g/mol. The van der Waals surface area contributed by atoms with Gasteiger partial charge >= 0.3 is 5.97 Å². The summed E-state index contributed by atoms with van der Waals surface area (Å²) in [7, 11) is 0. The van der Waals surface area contributed by atoms with Gasteiger partial charge in [-0.2, -0.15) is 0 Å². The van der Waals surface area contributed by atoms with E-state index in [4.69, 9.17) is 4.74 Å². The number of nitrogens with zero attached hydrogens (tertiary/aromatic N) is 1. The number of esters is 1. The fourth-order valence-electron chi connectivity index (χ4n) is 2.92. The first-order valence-electron chi connectivity index (χ1n) is 9.13. The fourth-order valence-corrected chi connectivity index (χ4v) is 2.92. The third-order valence-corrected chi connectivity index (χ3v) is 4.31. The fraction of sp³-hybridized carbons (Fsp3) is 0.273. The molecule has 0 saturated heterocycles. The molecule has 4 heteroatoms. The number of pyridine rings is 1. The van der Waals surface area contributed by atoms with Crippen LogP contribution < -0.4 is 5.32 Å². The molecule has 0 bridgehead atoms. The van der Waals surface area contributed by atoms with Crippen molar-refractivity contribution in [3.8, 4) is 0 Å². The predicted octanol–water partition coefficient (Wildman–Crippen LogP) is 5.50. The number of hydrogen-bond donors (Lipinski definition) is 1. The summed E-state index contributed by atoms with van der Waals surface area (Å²) < 4.78 is 5.20. The summed E-state index contributed by atoms with van der Waals surface area (Å²) in [5.74, 6) is -0.368. The third kappa shape index (κ3) is 4.02. The molecule has 0 atom stereocenters. The SMILES string of the molecule is CCCCc1ccc(Nc2c(C(=O)OCC)cnc3ccccc23)cc1. The van der Waals surface area contributed by atoms with Crippen molar-refractivity contribution in [3.63, 3.8) is 0 Å². The zero-order valence-corrected chi connectivity index (χ0v) is 15.3. The van der Waals surface area contributed by atoms with E-state index >= 15 is 0 Å². The normalized spacial score (nSPS) is 10.7. The van der Waals surface area contributed by atoms with E-state index in [0.717, 1.165) is 28.7 Å². The van der Waals surface area contributed by atoms with Gasteiger partial charge in [0.2, 0.25) is 0 Å². The van der Waals surface area contributed by atoms with E-state index in [0.29, 0.717) is 12.2 Å². The van der Waals surface area contributed by atoms with Crippen molar-refractivity contribution in [1.82, 2.24) is 4.98 Å². The molecule has 0 fully saturated rings. The molecule has 0 radical (unpaired) electrons. The minimum Gasteiger partial charge on any atom is -0.462 e. The molecule has 3 rings (SSSR count). The maximum Gasteiger partial charge on any atom is 0.341 e. The molecule has 0 saturated carbocycles. The maximum absolute atomic E-state index is 12.4. The third-order valence-electron chi connectivity index (χ3n) is 4.31. The largest absolute Gasteiger partial charge is 0.462 e. The van der Waals surface area contributed by atoms with Gasteiger partial charge in [-0.05, 0) is 43.5 Å².